The smallest absolute Gasteiger partial charge is 0.132 e. The number of nitrogens with one attached hydrogen (secondary N) is 1. The second kappa shape index (κ2) is 6.56. The Labute approximate surface area is 152 Å². The molecule has 0 amide bonds. The van der Waals surface area contributed by atoms with Gasteiger partial charge in [0.25, 0.3) is 0 Å². The van der Waals surface area contributed by atoms with E-state index in [1.165, 1.54) is 5.56 Å². The van der Waals surface area contributed by atoms with Gasteiger partial charge < -0.3 is 15.5 Å². The van der Waals surface area contributed by atoms with Gasteiger partial charge in [-0.3, -0.25) is 0 Å². The van der Waals surface area contributed by atoms with Gasteiger partial charge in [0.2, 0.25) is 0 Å². The zero-order valence-electron chi connectivity index (χ0n) is 14.9. The maximum absolute atomic E-state index is 6.44. The number of aromatic nitrogens is 1. The summed E-state index contributed by atoms with van der Waals surface area (Å²) in [5.41, 5.74) is 11.3. The molecule has 0 unspecified atom stereocenters. The standard InChI is InChI=1S/C22H21N3O/c1-14-8-10-18(26-14)13-24-22-15(2)21(23)19-12-17(9-11-20(19)25-22)16-6-4-3-5-7-16/h3-12H,13H2,1-2H3,(H3,23,24,25). The van der Waals surface area contributed by atoms with Crippen molar-refractivity contribution in [3.05, 3.63) is 77.7 Å². The normalized spacial score (nSPS) is 11.0. The van der Waals surface area contributed by atoms with E-state index in [1.807, 2.05) is 50.2 Å². The van der Waals surface area contributed by atoms with Crippen LogP contribution in [0.4, 0.5) is 11.5 Å². The van der Waals surface area contributed by atoms with Crippen LogP contribution in [0.15, 0.2) is 65.1 Å². The first-order chi connectivity index (χ1) is 12.6. The Morgan fingerprint density at radius 3 is 2.50 bits per heavy atom. The molecule has 0 atom stereocenters. The van der Waals surface area contributed by atoms with E-state index in [4.69, 9.17) is 15.1 Å². The highest BCUT2D eigenvalue weighted by Crippen LogP contribution is 2.32. The predicted molar refractivity (Wildman–Crippen MR) is 107 cm³/mol. The third-order valence-electron chi connectivity index (χ3n) is 4.61. The van der Waals surface area contributed by atoms with Gasteiger partial charge in [-0.05, 0) is 49.2 Å². The topological polar surface area (TPSA) is 64.1 Å². The second-order valence-corrected chi connectivity index (χ2v) is 6.46. The van der Waals surface area contributed by atoms with Crippen molar-refractivity contribution in [2.24, 2.45) is 0 Å². The van der Waals surface area contributed by atoms with Crippen molar-refractivity contribution in [2.45, 2.75) is 20.4 Å². The van der Waals surface area contributed by atoms with Crippen LogP contribution in [0.3, 0.4) is 0 Å². The van der Waals surface area contributed by atoms with E-state index >= 15 is 0 Å². The van der Waals surface area contributed by atoms with Gasteiger partial charge in [-0.15, -0.1) is 0 Å². The van der Waals surface area contributed by atoms with Crippen LogP contribution in [-0.2, 0) is 6.54 Å². The monoisotopic (exact) mass is 343 g/mol. The third kappa shape index (κ3) is 3.02. The van der Waals surface area contributed by atoms with E-state index in [0.717, 1.165) is 45.1 Å². The molecule has 4 nitrogen and oxygen atoms in total. The molecule has 0 fully saturated rings. The molecule has 4 rings (SSSR count). The van der Waals surface area contributed by atoms with Crippen molar-refractivity contribution < 1.29 is 4.42 Å². The van der Waals surface area contributed by atoms with Crippen LogP contribution in [0.2, 0.25) is 0 Å². The van der Waals surface area contributed by atoms with Crippen LogP contribution < -0.4 is 11.1 Å². The molecule has 0 bridgehead atoms. The minimum Gasteiger partial charge on any atom is -0.465 e. The SMILES string of the molecule is Cc1ccc(CNc2nc3ccc(-c4ccccc4)cc3c(N)c2C)o1. The van der Waals surface area contributed by atoms with E-state index in [1.54, 1.807) is 0 Å². The molecule has 0 saturated heterocycles. The summed E-state index contributed by atoms with van der Waals surface area (Å²) >= 11 is 0. The van der Waals surface area contributed by atoms with Gasteiger partial charge in [0.1, 0.15) is 17.3 Å². The minimum atomic E-state index is 0.578. The Balaban J connectivity index is 1.70. The molecule has 4 aromatic rings. The first-order valence-corrected chi connectivity index (χ1v) is 8.66. The summed E-state index contributed by atoms with van der Waals surface area (Å²) in [7, 11) is 0. The molecule has 0 aliphatic rings. The number of aryl methyl sites for hydroxylation is 1. The van der Waals surface area contributed by atoms with Crippen molar-refractivity contribution in [3.63, 3.8) is 0 Å². The highest BCUT2D eigenvalue weighted by atomic mass is 16.3. The zero-order chi connectivity index (χ0) is 18.1. The highest BCUT2D eigenvalue weighted by Gasteiger charge is 2.11. The predicted octanol–water partition coefficient (Wildman–Crippen LogP) is 5.31. The average Bonchev–Trinajstić information content (AvgIpc) is 3.09. The lowest BCUT2D eigenvalue weighted by Gasteiger charge is -2.13. The number of anilines is 2. The Morgan fingerprint density at radius 1 is 0.962 bits per heavy atom. The van der Waals surface area contributed by atoms with Crippen molar-refractivity contribution in [3.8, 4) is 11.1 Å². The summed E-state index contributed by atoms with van der Waals surface area (Å²) in [5.74, 6) is 2.57. The molecule has 0 aliphatic carbocycles. The third-order valence-corrected chi connectivity index (χ3v) is 4.61. The highest BCUT2D eigenvalue weighted by molar-refractivity contribution is 5.96. The first-order valence-electron chi connectivity index (χ1n) is 8.66. The minimum absolute atomic E-state index is 0.578. The molecule has 2 aromatic heterocycles. The number of fused-ring (bicyclic) bond motifs is 1. The fraction of sp³-hybridized carbons (Fsp3) is 0.136. The largest absolute Gasteiger partial charge is 0.465 e. The molecular formula is C22H21N3O. The summed E-state index contributed by atoms with van der Waals surface area (Å²) in [6.45, 7) is 4.51. The number of nitrogens with two attached hydrogens (primary N) is 1. The van der Waals surface area contributed by atoms with Gasteiger partial charge in [0.15, 0.2) is 0 Å². The average molecular weight is 343 g/mol. The summed E-state index contributed by atoms with van der Waals surface area (Å²) in [6, 6.07) is 20.4. The number of hydrogen-bond acceptors (Lipinski definition) is 4. The van der Waals surface area contributed by atoms with Crippen molar-refractivity contribution in [1.29, 1.82) is 0 Å². The van der Waals surface area contributed by atoms with Gasteiger partial charge in [0, 0.05) is 16.6 Å². The Kier molecular flexibility index (Phi) is 4.09. The molecule has 2 aromatic carbocycles. The molecular weight excluding hydrogens is 322 g/mol. The van der Waals surface area contributed by atoms with Gasteiger partial charge in [-0.25, -0.2) is 4.98 Å². The molecule has 2 heterocycles. The van der Waals surface area contributed by atoms with E-state index < -0.39 is 0 Å². The number of nitrogens with zero attached hydrogens (tertiary/aromatic N) is 1. The first kappa shape index (κ1) is 16.2. The molecule has 130 valence electrons. The lowest BCUT2D eigenvalue weighted by molar-refractivity contribution is 0.490. The molecule has 0 spiro atoms. The molecule has 0 saturated carbocycles. The van der Waals surface area contributed by atoms with Gasteiger partial charge in [-0.1, -0.05) is 36.4 Å². The van der Waals surface area contributed by atoms with Crippen molar-refractivity contribution in [2.75, 3.05) is 11.1 Å². The fourth-order valence-electron chi connectivity index (χ4n) is 3.12. The zero-order valence-corrected chi connectivity index (χ0v) is 14.9. The number of nitrogen functional groups attached to an aromatic ring is 1. The lowest BCUT2D eigenvalue weighted by Crippen LogP contribution is -2.05. The Bertz CT molecular complexity index is 1070. The van der Waals surface area contributed by atoms with Crippen LogP contribution in [-0.4, -0.2) is 4.98 Å². The van der Waals surface area contributed by atoms with E-state index in [2.05, 4.69) is 29.6 Å². The van der Waals surface area contributed by atoms with Crippen LogP contribution in [0.1, 0.15) is 17.1 Å². The molecule has 26 heavy (non-hydrogen) atoms. The quantitative estimate of drug-likeness (QED) is 0.527. The van der Waals surface area contributed by atoms with E-state index in [0.29, 0.717) is 6.54 Å². The second-order valence-electron chi connectivity index (χ2n) is 6.46. The number of benzene rings is 2. The van der Waals surface area contributed by atoms with Crippen LogP contribution >= 0.6 is 0 Å². The summed E-state index contributed by atoms with van der Waals surface area (Å²) < 4.78 is 5.61. The maximum Gasteiger partial charge on any atom is 0.132 e. The Hall–Kier alpha value is -3.27. The lowest BCUT2D eigenvalue weighted by atomic mass is 10.0. The van der Waals surface area contributed by atoms with Gasteiger partial charge in [0.05, 0.1) is 12.1 Å². The molecule has 0 aliphatic heterocycles. The number of pyridine rings is 1. The van der Waals surface area contributed by atoms with Crippen LogP contribution in [0, 0.1) is 13.8 Å². The van der Waals surface area contributed by atoms with Gasteiger partial charge in [-0.2, -0.15) is 0 Å². The Morgan fingerprint density at radius 2 is 1.77 bits per heavy atom. The number of furan rings is 1. The summed E-state index contributed by atoms with van der Waals surface area (Å²) in [5, 5.41) is 4.31. The van der Waals surface area contributed by atoms with Gasteiger partial charge >= 0.3 is 0 Å². The fourth-order valence-corrected chi connectivity index (χ4v) is 3.12. The van der Waals surface area contributed by atoms with E-state index in [9.17, 15) is 0 Å². The van der Waals surface area contributed by atoms with E-state index in [-0.39, 0.29) is 0 Å². The number of rotatable bonds is 4. The maximum atomic E-state index is 6.44. The molecule has 4 heteroatoms. The number of hydrogen-bond donors (Lipinski definition) is 2. The molecule has 0 radical (unpaired) electrons. The van der Waals surface area contributed by atoms with Crippen molar-refractivity contribution in [1.82, 2.24) is 4.98 Å². The van der Waals surface area contributed by atoms with Crippen molar-refractivity contribution >= 4 is 22.4 Å². The summed E-state index contributed by atoms with van der Waals surface area (Å²) in [4.78, 5) is 4.76. The van der Waals surface area contributed by atoms with Crippen LogP contribution in [0.5, 0.6) is 0 Å². The summed E-state index contributed by atoms with van der Waals surface area (Å²) in [6.07, 6.45) is 0. The molecule has 3 N–H and O–H groups in total. The van der Waals surface area contributed by atoms with Crippen LogP contribution in [0.25, 0.3) is 22.0 Å².